The number of nitrogens with one attached hydrogen (secondary N) is 1. The van der Waals surface area contributed by atoms with E-state index in [0.717, 1.165) is 16.9 Å². The lowest BCUT2D eigenvalue weighted by molar-refractivity contribution is -0.120. The summed E-state index contributed by atoms with van der Waals surface area (Å²) in [6, 6.07) is 18.9. The largest absolute Gasteiger partial charge is 0.497 e. The standard InChI is InChI=1S/C30H33N3O5S/c1-6-27(28(34)31-17-20-9-7-19(2)8-10-20)39-30-32-24-16-26(38-5)25(37-4)15-23(24)29(35)33(30)18-21-11-13-22(36-3)14-12-21/h7-16,27H,6,17-18H2,1-5H3,(H,31,34)/t27-/m1/s1. The highest BCUT2D eigenvalue weighted by atomic mass is 32.2. The zero-order valence-electron chi connectivity index (χ0n) is 22.8. The first kappa shape index (κ1) is 28.0. The van der Waals surface area contributed by atoms with Crippen molar-refractivity contribution in [2.45, 2.75) is 43.8 Å². The number of rotatable bonds is 11. The highest BCUT2D eigenvalue weighted by molar-refractivity contribution is 8.00. The van der Waals surface area contributed by atoms with Crippen LogP contribution in [0.1, 0.15) is 30.0 Å². The highest BCUT2D eigenvalue weighted by Crippen LogP contribution is 2.32. The smallest absolute Gasteiger partial charge is 0.262 e. The van der Waals surface area contributed by atoms with Crippen molar-refractivity contribution in [3.05, 3.63) is 87.7 Å². The molecule has 0 bridgehead atoms. The first-order valence-corrected chi connectivity index (χ1v) is 13.5. The van der Waals surface area contributed by atoms with Gasteiger partial charge >= 0.3 is 0 Å². The molecule has 0 spiro atoms. The van der Waals surface area contributed by atoms with Crippen LogP contribution in [0.2, 0.25) is 0 Å². The first-order valence-electron chi connectivity index (χ1n) is 12.7. The van der Waals surface area contributed by atoms with E-state index >= 15 is 0 Å². The normalized spacial score (nSPS) is 11.7. The van der Waals surface area contributed by atoms with Gasteiger partial charge in [0.2, 0.25) is 5.91 Å². The maximum Gasteiger partial charge on any atom is 0.262 e. The number of methoxy groups -OCH3 is 3. The Morgan fingerprint density at radius 2 is 1.59 bits per heavy atom. The Kier molecular flexibility index (Phi) is 9.14. The maximum atomic E-state index is 13.8. The molecule has 8 nitrogen and oxygen atoms in total. The van der Waals surface area contributed by atoms with Gasteiger partial charge in [-0.15, -0.1) is 0 Å². The number of nitrogens with zero attached hydrogens (tertiary/aromatic N) is 2. The third-order valence-electron chi connectivity index (χ3n) is 6.42. The molecule has 0 aliphatic heterocycles. The second-order valence-corrected chi connectivity index (χ2v) is 10.2. The van der Waals surface area contributed by atoms with Crippen molar-refractivity contribution in [3.63, 3.8) is 0 Å². The molecule has 1 N–H and O–H groups in total. The van der Waals surface area contributed by atoms with E-state index in [0.29, 0.717) is 40.5 Å². The molecule has 0 radical (unpaired) electrons. The van der Waals surface area contributed by atoms with E-state index in [1.54, 1.807) is 23.8 Å². The molecule has 204 valence electrons. The minimum atomic E-state index is -0.443. The van der Waals surface area contributed by atoms with E-state index in [-0.39, 0.29) is 18.0 Å². The number of ether oxygens (including phenoxy) is 3. The van der Waals surface area contributed by atoms with Gasteiger partial charge in [0.15, 0.2) is 16.7 Å². The van der Waals surface area contributed by atoms with Gasteiger partial charge in [-0.3, -0.25) is 14.2 Å². The van der Waals surface area contributed by atoms with Crippen molar-refractivity contribution in [2.24, 2.45) is 0 Å². The number of hydrogen-bond donors (Lipinski definition) is 1. The lowest BCUT2D eigenvalue weighted by Crippen LogP contribution is -2.33. The van der Waals surface area contributed by atoms with Crippen LogP contribution in [-0.2, 0) is 17.9 Å². The van der Waals surface area contributed by atoms with Gasteiger partial charge in [-0.2, -0.15) is 0 Å². The number of carbonyl (C=O) groups is 1. The molecule has 4 aromatic rings. The summed E-state index contributed by atoms with van der Waals surface area (Å²) in [4.78, 5) is 31.8. The van der Waals surface area contributed by atoms with E-state index in [9.17, 15) is 9.59 Å². The number of carbonyl (C=O) groups excluding carboxylic acids is 1. The molecule has 0 aliphatic rings. The number of amides is 1. The fourth-order valence-corrected chi connectivity index (χ4v) is 5.17. The van der Waals surface area contributed by atoms with Gasteiger partial charge in [-0.25, -0.2) is 4.98 Å². The molecule has 0 fully saturated rings. The fourth-order valence-electron chi connectivity index (χ4n) is 4.13. The molecular weight excluding hydrogens is 514 g/mol. The summed E-state index contributed by atoms with van der Waals surface area (Å²) in [5, 5.41) is 3.45. The number of aryl methyl sites for hydroxylation is 1. The van der Waals surface area contributed by atoms with Crippen LogP contribution < -0.4 is 25.1 Å². The van der Waals surface area contributed by atoms with Crippen LogP contribution in [0.25, 0.3) is 10.9 Å². The van der Waals surface area contributed by atoms with Crippen molar-refractivity contribution >= 4 is 28.6 Å². The molecule has 39 heavy (non-hydrogen) atoms. The van der Waals surface area contributed by atoms with Gasteiger partial charge in [-0.05, 0) is 42.7 Å². The van der Waals surface area contributed by atoms with E-state index in [1.165, 1.54) is 31.5 Å². The van der Waals surface area contributed by atoms with Crippen LogP contribution in [0, 0.1) is 6.92 Å². The summed E-state index contributed by atoms with van der Waals surface area (Å²) >= 11 is 1.28. The third-order valence-corrected chi connectivity index (χ3v) is 7.78. The Hall–Kier alpha value is -3.98. The van der Waals surface area contributed by atoms with Crippen LogP contribution >= 0.6 is 11.8 Å². The number of fused-ring (bicyclic) bond motifs is 1. The Labute approximate surface area is 232 Å². The lowest BCUT2D eigenvalue weighted by Gasteiger charge is -2.19. The van der Waals surface area contributed by atoms with Crippen molar-refractivity contribution in [3.8, 4) is 17.2 Å². The van der Waals surface area contributed by atoms with Crippen molar-refractivity contribution in [1.82, 2.24) is 14.9 Å². The van der Waals surface area contributed by atoms with Gasteiger partial charge in [-0.1, -0.05) is 60.6 Å². The number of benzene rings is 3. The molecule has 1 heterocycles. The molecule has 3 aromatic carbocycles. The summed E-state index contributed by atoms with van der Waals surface area (Å²) in [5.41, 5.74) is 3.34. The summed E-state index contributed by atoms with van der Waals surface area (Å²) in [6.45, 7) is 4.69. The Morgan fingerprint density at radius 3 is 2.21 bits per heavy atom. The van der Waals surface area contributed by atoms with Crippen LogP contribution in [-0.4, -0.2) is 42.0 Å². The number of hydrogen-bond acceptors (Lipinski definition) is 7. The molecule has 0 saturated heterocycles. The molecule has 9 heteroatoms. The lowest BCUT2D eigenvalue weighted by atomic mass is 10.1. The van der Waals surface area contributed by atoms with E-state index in [1.807, 2.05) is 62.4 Å². The van der Waals surface area contributed by atoms with E-state index in [4.69, 9.17) is 19.2 Å². The second-order valence-electron chi connectivity index (χ2n) is 9.08. The Morgan fingerprint density at radius 1 is 0.949 bits per heavy atom. The minimum absolute atomic E-state index is 0.110. The quantitative estimate of drug-likeness (QED) is 0.209. The SMILES string of the molecule is CC[C@@H](Sc1nc2cc(OC)c(OC)cc2c(=O)n1Cc1ccc(OC)cc1)C(=O)NCc1ccc(C)cc1. The fraction of sp³-hybridized carbons (Fsp3) is 0.300. The second kappa shape index (κ2) is 12.7. The molecule has 4 rings (SSSR count). The summed E-state index contributed by atoms with van der Waals surface area (Å²) in [6.07, 6.45) is 0.562. The first-order chi connectivity index (χ1) is 18.9. The molecule has 1 amide bonds. The van der Waals surface area contributed by atoms with Crippen molar-refractivity contribution < 1.29 is 19.0 Å². The Balaban J connectivity index is 1.70. The molecule has 0 aliphatic carbocycles. The van der Waals surface area contributed by atoms with Gasteiger partial charge in [0, 0.05) is 12.6 Å². The topological polar surface area (TPSA) is 91.7 Å². The van der Waals surface area contributed by atoms with Gasteiger partial charge in [0.05, 0.1) is 44.0 Å². The minimum Gasteiger partial charge on any atom is -0.497 e. The maximum absolute atomic E-state index is 13.8. The third kappa shape index (κ3) is 6.54. The van der Waals surface area contributed by atoms with Crippen LogP contribution in [0.3, 0.4) is 0 Å². The summed E-state index contributed by atoms with van der Waals surface area (Å²) in [5.74, 6) is 1.54. The molecule has 0 unspecified atom stereocenters. The summed E-state index contributed by atoms with van der Waals surface area (Å²) in [7, 11) is 4.67. The number of aromatic nitrogens is 2. The van der Waals surface area contributed by atoms with Crippen LogP contribution in [0.4, 0.5) is 0 Å². The monoisotopic (exact) mass is 547 g/mol. The summed E-state index contributed by atoms with van der Waals surface area (Å²) < 4.78 is 17.7. The van der Waals surface area contributed by atoms with E-state index < -0.39 is 5.25 Å². The molecule has 1 aromatic heterocycles. The molecule has 0 saturated carbocycles. The number of thioether (sulfide) groups is 1. The molecular formula is C30H33N3O5S. The highest BCUT2D eigenvalue weighted by Gasteiger charge is 2.23. The average Bonchev–Trinajstić information content (AvgIpc) is 2.96. The van der Waals surface area contributed by atoms with Crippen LogP contribution in [0.15, 0.2) is 70.6 Å². The zero-order chi connectivity index (χ0) is 27.9. The predicted octanol–water partition coefficient (Wildman–Crippen LogP) is 4.97. The predicted molar refractivity (Wildman–Crippen MR) is 154 cm³/mol. The van der Waals surface area contributed by atoms with Crippen molar-refractivity contribution in [2.75, 3.05) is 21.3 Å². The van der Waals surface area contributed by atoms with Gasteiger partial charge < -0.3 is 19.5 Å². The van der Waals surface area contributed by atoms with Crippen molar-refractivity contribution in [1.29, 1.82) is 0 Å². The van der Waals surface area contributed by atoms with Gasteiger partial charge in [0.1, 0.15) is 5.75 Å². The van der Waals surface area contributed by atoms with Crippen LogP contribution in [0.5, 0.6) is 17.2 Å². The zero-order valence-corrected chi connectivity index (χ0v) is 23.6. The van der Waals surface area contributed by atoms with Gasteiger partial charge in [0.25, 0.3) is 5.56 Å². The Bertz CT molecular complexity index is 1500. The van der Waals surface area contributed by atoms with E-state index in [2.05, 4.69) is 5.32 Å². The average molecular weight is 548 g/mol. The molecule has 1 atom stereocenters.